The van der Waals surface area contributed by atoms with Crippen molar-refractivity contribution in [2.24, 2.45) is 0 Å². The first-order valence-corrected chi connectivity index (χ1v) is 7.63. The number of hydrogen-bond acceptors (Lipinski definition) is 2. The van der Waals surface area contributed by atoms with E-state index in [1.165, 1.54) is 19.3 Å². The monoisotopic (exact) mass is 294 g/mol. The standard InChI is InChI=1S/C16H23ClN2O/c1-19(2)16(10-6-3-7-11-16)12-18-15(20)13-8-4-5-9-14(13)17/h4-5,8-9H,3,6-7,10-12H2,1-2H3,(H,18,20). The Balaban J connectivity index is 2.03. The molecule has 2 rings (SSSR count). The Morgan fingerprint density at radius 2 is 1.90 bits per heavy atom. The fourth-order valence-electron chi connectivity index (χ4n) is 2.98. The minimum absolute atomic E-state index is 0.0811. The molecule has 0 unspecified atom stereocenters. The van der Waals surface area contributed by atoms with Crippen molar-refractivity contribution >= 4 is 17.5 Å². The van der Waals surface area contributed by atoms with Gasteiger partial charge in [0.1, 0.15) is 0 Å². The van der Waals surface area contributed by atoms with Gasteiger partial charge in [-0.05, 0) is 39.1 Å². The molecule has 3 nitrogen and oxygen atoms in total. The van der Waals surface area contributed by atoms with Crippen molar-refractivity contribution in [2.75, 3.05) is 20.6 Å². The third-order valence-corrected chi connectivity index (χ3v) is 4.76. The summed E-state index contributed by atoms with van der Waals surface area (Å²) in [6.07, 6.45) is 6.06. The molecular weight excluding hydrogens is 272 g/mol. The maximum atomic E-state index is 12.3. The summed E-state index contributed by atoms with van der Waals surface area (Å²) >= 11 is 6.07. The van der Waals surface area contributed by atoms with Gasteiger partial charge < -0.3 is 10.2 Å². The number of benzene rings is 1. The lowest BCUT2D eigenvalue weighted by molar-refractivity contribution is 0.0800. The van der Waals surface area contributed by atoms with E-state index in [-0.39, 0.29) is 11.4 Å². The molecule has 20 heavy (non-hydrogen) atoms. The van der Waals surface area contributed by atoms with Crippen LogP contribution >= 0.6 is 11.6 Å². The summed E-state index contributed by atoms with van der Waals surface area (Å²) in [6, 6.07) is 7.18. The molecule has 0 aliphatic heterocycles. The third-order valence-electron chi connectivity index (χ3n) is 4.43. The molecule has 1 aliphatic rings. The van der Waals surface area contributed by atoms with Gasteiger partial charge in [-0.25, -0.2) is 0 Å². The van der Waals surface area contributed by atoms with Crippen molar-refractivity contribution < 1.29 is 4.79 Å². The number of halogens is 1. The second-order valence-electron chi connectivity index (χ2n) is 5.84. The number of carbonyl (C=O) groups is 1. The van der Waals surface area contributed by atoms with Crippen LogP contribution in [-0.4, -0.2) is 37.0 Å². The maximum absolute atomic E-state index is 12.3. The van der Waals surface area contributed by atoms with Gasteiger partial charge in [0, 0.05) is 12.1 Å². The van der Waals surface area contributed by atoms with Crippen molar-refractivity contribution in [3.63, 3.8) is 0 Å². The molecule has 1 aliphatic carbocycles. The minimum Gasteiger partial charge on any atom is -0.350 e. The zero-order valence-corrected chi connectivity index (χ0v) is 13.0. The van der Waals surface area contributed by atoms with Gasteiger partial charge in [0.2, 0.25) is 0 Å². The Hall–Kier alpha value is -1.06. The average molecular weight is 295 g/mol. The van der Waals surface area contributed by atoms with Crippen molar-refractivity contribution in [1.82, 2.24) is 10.2 Å². The lowest BCUT2D eigenvalue weighted by Crippen LogP contribution is -2.53. The van der Waals surface area contributed by atoms with Gasteiger partial charge in [-0.15, -0.1) is 0 Å². The predicted octanol–water partition coefficient (Wildman–Crippen LogP) is 3.33. The molecule has 1 fully saturated rings. The molecule has 0 bridgehead atoms. The molecule has 1 aromatic carbocycles. The molecule has 0 saturated heterocycles. The fraction of sp³-hybridized carbons (Fsp3) is 0.562. The van der Waals surface area contributed by atoms with Crippen LogP contribution in [0.15, 0.2) is 24.3 Å². The van der Waals surface area contributed by atoms with E-state index in [0.717, 1.165) is 12.8 Å². The molecule has 0 aromatic heterocycles. The van der Waals surface area contributed by atoms with Crippen LogP contribution in [0.5, 0.6) is 0 Å². The van der Waals surface area contributed by atoms with E-state index in [2.05, 4.69) is 24.3 Å². The minimum atomic E-state index is -0.0811. The van der Waals surface area contributed by atoms with Gasteiger partial charge in [-0.2, -0.15) is 0 Å². The summed E-state index contributed by atoms with van der Waals surface area (Å²) in [5.41, 5.74) is 0.647. The summed E-state index contributed by atoms with van der Waals surface area (Å²) in [6.45, 7) is 0.685. The maximum Gasteiger partial charge on any atom is 0.252 e. The number of nitrogens with zero attached hydrogens (tertiary/aromatic N) is 1. The normalized spacial score (nSPS) is 18.0. The second kappa shape index (κ2) is 6.59. The van der Waals surface area contributed by atoms with Crippen LogP contribution in [0.25, 0.3) is 0 Å². The molecule has 1 amide bonds. The highest BCUT2D eigenvalue weighted by Crippen LogP contribution is 2.31. The number of hydrogen-bond donors (Lipinski definition) is 1. The van der Waals surface area contributed by atoms with Gasteiger partial charge in [0.15, 0.2) is 0 Å². The molecule has 1 saturated carbocycles. The van der Waals surface area contributed by atoms with E-state index in [0.29, 0.717) is 17.1 Å². The number of rotatable bonds is 4. The van der Waals surface area contributed by atoms with Crippen LogP contribution in [0.4, 0.5) is 0 Å². The van der Waals surface area contributed by atoms with E-state index in [9.17, 15) is 4.79 Å². The summed E-state index contributed by atoms with van der Waals surface area (Å²) in [5.74, 6) is -0.0811. The summed E-state index contributed by atoms with van der Waals surface area (Å²) in [7, 11) is 4.21. The van der Waals surface area contributed by atoms with Crippen molar-refractivity contribution in [1.29, 1.82) is 0 Å². The SMILES string of the molecule is CN(C)C1(CNC(=O)c2ccccc2Cl)CCCCC1. The van der Waals surface area contributed by atoms with Crippen LogP contribution in [0.2, 0.25) is 5.02 Å². The summed E-state index contributed by atoms with van der Waals surface area (Å²) in [5, 5.41) is 3.57. The number of amides is 1. The second-order valence-corrected chi connectivity index (χ2v) is 6.25. The van der Waals surface area contributed by atoms with Crippen LogP contribution in [0.3, 0.4) is 0 Å². The predicted molar refractivity (Wildman–Crippen MR) is 83.3 cm³/mol. The van der Waals surface area contributed by atoms with E-state index >= 15 is 0 Å². The molecular formula is C16H23ClN2O. The highest BCUT2D eigenvalue weighted by Gasteiger charge is 2.34. The summed E-state index contributed by atoms with van der Waals surface area (Å²) in [4.78, 5) is 14.5. The van der Waals surface area contributed by atoms with Crippen LogP contribution in [0, 0.1) is 0 Å². The molecule has 4 heteroatoms. The number of carbonyl (C=O) groups excluding carboxylic acids is 1. The Morgan fingerprint density at radius 3 is 2.50 bits per heavy atom. The first-order valence-electron chi connectivity index (χ1n) is 7.25. The van der Waals surface area contributed by atoms with Gasteiger partial charge in [-0.3, -0.25) is 4.79 Å². The average Bonchev–Trinajstić information content (AvgIpc) is 2.46. The van der Waals surface area contributed by atoms with Gasteiger partial charge >= 0.3 is 0 Å². The van der Waals surface area contributed by atoms with Crippen molar-refractivity contribution in [3.8, 4) is 0 Å². The highest BCUT2D eigenvalue weighted by atomic mass is 35.5. The quantitative estimate of drug-likeness (QED) is 0.924. The summed E-state index contributed by atoms with van der Waals surface area (Å²) < 4.78 is 0. The molecule has 110 valence electrons. The first kappa shape index (κ1) is 15.3. The molecule has 0 heterocycles. The molecule has 0 spiro atoms. The third kappa shape index (κ3) is 3.33. The molecule has 0 radical (unpaired) electrons. The van der Waals surface area contributed by atoms with E-state index < -0.39 is 0 Å². The lowest BCUT2D eigenvalue weighted by atomic mass is 9.80. The molecule has 0 atom stereocenters. The largest absolute Gasteiger partial charge is 0.350 e. The fourth-order valence-corrected chi connectivity index (χ4v) is 3.20. The first-order chi connectivity index (χ1) is 9.55. The van der Waals surface area contributed by atoms with Gasteiger partial charge in [0.05, 0.1) is 10.6 Å². The van der Waals surface area contributed by atoms with Crippen molar-refractivity contribution in [2.45, 2.75) is 37.6 Å². The van der Waals surface area contributed by atoms with E-state index in [4.69, 9.17) is 11.6 Å². The Kier molecular flexibility index (Phi) is 5.06. The van der Waals surface area contributed by atoms with Crippen LogP contribution in [-0.2, 0) is 0 Å². The Labute approximate surface area is 126 Å². The Morgan fingerprint density at radius 1 is 1.25 bits per heavy atom. The lowest BCUT2D eigenvalue weighted by Gasteiger charge is -2.43. The highest BCUT2D eigenvalue weighted by molar-refractivity contribution is 6.33. The zero-order chi connectivity index (χ0) is 14.6. The Bertz CT molecular complexity index is 467. The van der Waals surface area contributed by atoms with E-state index in [1.807, 2.05) is 12.1 Å². The number of nitrogens with one attached hydrogen (secondary N) is 1. The van der Waals surface area contributed by atoms with Crippen LogP contribution in [0.1, 0.15) is 42.5 Å². The van der Waals surface area contributed by atoms with Crippen molar-refractivity contribution in [3.05, 3.63) is 34.9 Å². The number of likely N-dealkylation sites (N-methyl/N-ethyl adjacent to an activating group) is 1. The molecule has 1 aromatic rings. The van der Waals surface area contributed by atoms with Gasteiger partial charge in [0.25, 0.3) is 5.91 Å². The van der Waals surface area contributed by atoms with Crippen LogP contribution < -0.4 is 5.32 Å². The smallest absolute Gasteiger partial charge is 0.252 e. The zero-order valence-electron chi connectivity index (χ0n) is 12.3. The van der Waals surface area contributed by atoms with Gasteiger partial charge in [-0.1, -0.05) is 43.0 Å². The molecule has 1 N–H and O–H groups in total. The van der Waals surface area contributed by atoms with E-state index in [1.54, 1.807) is 12.1 Å². The topological polar surface area (TPSA) is 32.3 Å².